The maximum atomic E-state index is 12.8. The van der Waals surface area contributed by atoms with E-state index in [9.17, 15) is 13.2 Å². The number of furan rings is 1. The molecule has 2 heterocycles. The quantitative estimate of drug-likeness (QED) is 0.505. The van der Waals surface area contributed by atoms with Crippen molar-refractivity contribution in [2.75, 3.05) is 13.1 Å². The Morgan fingerprint density at radius 3 is 2.39 bits per heavy atom. The van der Waals surface area contributed by atoms with E-state index in [2.05, 4.69) is 5.32 Å². The second-order valence-corrected chi connectivity index (χ2v) is 11.4. The number of rotatable bonds is 5. The zero-order valence-corrected chi connectivity index (χ0v) is 20.4. The topological polar surface area (TPSA) is 88.8 Å². The Morgan fingerprint density at radius 1 is 1.09 bits per heavy atom. The van der Waals surface area contributed by atoms with Crippen molar-refractivity contribution < 1.29 is 22.4 Å². The Kier molecular flexibility index (Phi) is 6.44. The van der Waals surface area contributed by atoms with Gasteiger partial charge in [-0.2, -0.15) is 4.31 Å². The van der Waals surface area contributed by atoms with Crippen LogP contribution < -0.4 is 5.32 Å². The molecule has 1 aliphatic heterocycles. The maximum absolute atomic E-state index is 12.8. The average Bonchev–Trinajstić information content (AvgIpc) is 3.42. The average molecular weight is 491 g/mol. The van der Waals surface area contributed by atoms with Crippen LogP contribution in [0.25, 0.3) is 22.1 Å². The van der Waals surface area contributed by atoms with Crippen LogP contribution in [-0.2, 0) is 21.3 Å². The van der Waals surface area contributed by atoms with Gasteiger partial charge in [0, 0.05) is 18.5 Å². The molecule has 1 amide bonds. The number of nitrogens with one attached hydrogen (secondary N) is 1. The largest absolute Gasteiger partial charge is 0.458 e. The number of sulfonamides is 1. The van der Waals surface area contributed by atoms with Crippen LogP contribution in [0.4, 0.5) is 4.79 Å². The Balaban J connectivity index is 1.53. The number of amides is 1. The molecule has 0 bridgehead atoms. The minimum absolute atomic E-state index is 0.165. The summed E-state index contributed by atoms with van der Waals surface area (Å²) in [6.07, 6.45) is 1.27. The summed E-state index contributed by atoms with van der Waals surface area (Å²) in [5.41, 5.74) is 1.62. The fraction of sp³-hybridized carbons (Fsp3) is 0.375. The van der Waals surface area contributed by atoms with Crippen LogP contribution >= 0.6 is 11.6 Å². The molecule has 7 nitrogen and oxygen atoms in total. The second-order valence-electron chi connectivity index (χ2n) is 9.08. The summed E-state index contributed by atoms with van der Waals surface area (Å²) in [7, 11) is -3.45. The molecule has 0 spiro atoms. The van der Waals surface area contributed by atoms with E-state index in [4.69, 9.17) is 20.8 Å². The first-order chi connectivity index (χ1) is 15.5. The number of fused-ring (bicyclic) bond motifs is 1. The van der Waals surface area contributed by atoms with Crippen LogP contribution in [0.1, 0.15) is 39.4 Å². The SMILES string of the molecule is CC(C)(C)OC(=O)NCc1cc2cc(-c3ccc(S(=O)(=O)N4CCCC4)cc3)cc(Cl)c2o1. The van der Waals surface area contributed by atoms with Gasteiger partial charge in [-0.1, -0.05) is 23.7 Å². The van der Waals surface area contributed by atoms with Gasteiger partial charge in [-0.05, 0) is 75.1 Å². The Bertz CT molecular complexity index is 1270. The number of carbonyl (C=O) groups is 1. The minimum atomic E-state index is -3.45. The molecule has 33 heavy (non-hydrogen) atoms. The number of halogens is 1. The molecule has 2 aromatic carbocycles. The fourth-order valence-electron chi connectivity index (χ4n) is 3.79. The van der Waals surface area contributed by atoms with E-state index in [-0.39, 0.29) is 6.54 Å². The lowest BCUT2D eigenvalue weighted by atomic mass is 10.0. The molecule has 1 N–H and O–H groups in total. The fourth-order valence-corrected chi connectivity index (χ4v) is 5.57. The molecule has 1 saturated heterocycles. The third-order valence-electron chi connectivity index (χ3n) is 5.32. The zero-order valence-electron chi connectivity index (χ0n) is 18.9. The highest BCUT2D eigenvalue weighted by atomic mass is 35.5. The summed E-state index contributed by atoms with van der Waals surface area (Å²) >= 11 is 6.46. The summed E-state index contributed by atoms with van der Waals surface area (Å²) in [5.74, 6) is 0.543. The van der Waals surface area contributed by atoms with Crippen molar-refractivity contribution in [1.29, 1.82) is 0 Å². The molecule has 9 heteroatoms. The predicted octanol–water partition coefficient (Wildman–Crippen LogP) is 5.56. The Labute approximate surface area is 198 Å². The van der Waals surface area contributed by atoms with Gasteiger partial charge in [0.1, 0.15) is 11.4 Å². The van der Waals surface area contributed by atoms with Crippen LogP contribution in [0, 0.1) is 0 Å². The lowest BCUT2D eigenvalue weighted by Gasteiger charge is -2.19. The molecule has 4 rings (SSSR count). The Hall–Kier alpha value is -2.55. The zero-order chi connectivity index (χ0) is 23.8. The molecule has 0 atom stereocenters. The van der Waals surface area contributed by atoms with E-state index in [1.54, 1.807) is 51.1 Å². The van der Waals surface area contributed by atoms with Gasteiger partial charge in [0.05, 0.1) is 16.5 Å². The van der Waals surface area contributed by atoms with Gasteiger partial charge >= 0.3 is 6.09 Å². The van der Waals surface area contributed by atoms with E-state index in [0.29, 0.717) is 34.4 Å². The van der Waals surface area contributed by atoms with Crippen molar-refractivity contribution in [3.63, 3.8) is 0 Å². The third kappa shape index (κ3) is 5.34. The summed E-state index contributed by atoms with van der Waals surface area (Å²) in [5, 5.41) is 3.88. The predicted molar refractivity (Wildman–Crippen MR) is 128 cm³/mol. The number of carbonyl (C=O) groups excluding carboxylic acids is 1. The van der Waals surface area contributed by atoms with Crippen LogP contribution in [0.15, 0.2) is 51.8 Å². The lowest BCUT2D eigenvalue weighted by Crippen LogP contribution is -2.32. The van der Waals surface area contributed by atoms with Crippen molar-refractivity contribution in [3.8, 4) is 11.1 Å². The highest BCUT2D eigenvalue weighted by molar-refractivity contribution is 7.89. The van der Waals surface area contributed by atoms with Crippen molar-refractivity contribution in [2.45, 2.75) is 50.7 Å². The van der Waals surface area contributed by atoms with Crippen LogP contribution in [-0.4, -0.2) is 37.5 Å². The lowest BCUT2D eigenvalue weighted by molar-refractivity contribution is 0.0520. The number of ether oxygens (including phenoxy) is 1. The molecule has 1 aliphatic rings. The van der Waals surface area contributed by atoms with Crippen LogP contribution in [0.3, 0.4) is 0 Å². The van der Waals surface area contributed by atoms with E-state index in [1.807, 2.05) is 12.1 Å². The Morgan fingerprint density at radius 2 is 1.76 bits per heavy atom. The molecular formula is C24H27ClN2O5S. The smallest absolute Gasteiger partial charge is 0.408 e. The number of nitrogens with zero attached hydrogens (tertiary/aromatic N) is 1. The summed E-state index contributed by atoms with van der Waals surface area (Å²) in [4.78, 5) is 12.2. The van der Waals surface area contributed by atoms with Gasteiger partial charge in [0.15, 0.2) is 5.58 Å². The van der Waals surface area contributed by atoms with E-state index >= 15 is 0 Å². The highest BCUT2D eigenvalue weighted by Crippen LogP contribution is 2.33. The molecular weight excluding hydrogens is 464 g/mol. The van der Waals surface area contributed by atoms with Gasteiger partial charge in [0.25, 0.3) is 0 Å². The summed E-state index contributed by atoms with van der Waals surface area (Å²) in [6.45, 7) is 6.69. The first-order valence-corrected chi connectivity index (χ1v) is 12.6. The third-order valence-corrected chi connectivity index (χ3v) is 7.51. The summed E-state index contributed by atoms with van der Waals surface area (Å²) < 4.78 is 38.1. The van der Waals surface area contributed by atoms with Gasteiger partial charge in [-0.15, -0.1) is 0 Å². The van der Waals surface area contributed by atoms with Crippen molar-refractivity contribution in [2.24, 2.45) is 0 Å². The van der Waals surface area contributed by atoms with Gasteiger partial charge in [-0.25, -0.2) is 13.2 Å². The first kappa shape index (κ1) is 23.6. The minimum Gasteiger partial charge on any atom is -0.458 e. The first-order valence-electron chi connectivity index (χ1n) is 10.8. The number of benzene rings is 2. The van der Waals surface area contributed by atoms with E-state index in [0.717, 1.165) is 29.4 Å². The van der Waals surface area contributed by atoms with Gasteiger partial charge in [-0.3, -0.25) is 0 Å². The maximum Gasteiger partial charge on any atom is 0.408 e. The molecule has 1 fully saturated rings. The van der Waals surface area contributed by atoms with Gasteiger partial charge < -0.3 is 14.5 Å². The number of alkyl carbamates (subject to hydrolysis) is 1. The molecule has 0 unspecified atom stereocenters. The van der Waals surface area contributed by atoms with Crippen molar-refractivity contribution >= 4 is 38.7 Å². The molecule has 0 saturated carbocycles. The van der Waals surface area contributed by atoms with Crippen LogP contribution in [0.5, 0.6) is 0 Å². The molecule has 1 aromatic heterocycles. The van der Waals surface area contributed by atoms with E-state index in [1.165, 1.54) is 4.31 Å². The normalized spacial score (nSPS) is 15.2. The van der Waals surface area contributed by atoms with Crippen molar-refractivity contribution in [3.05, 3.63) is 53.2 Å². The van der Waals surface area contributed by atoms with E-state index < -0.39 is 21.7 Å². The summed E-state index contributed by atoms with van der Waals surface area (Å²) in [6, 6.07) is 12.3. The standard InChI is InChI=1S/C24H27ClN2O5S/c1-24(2,3)32-23(28)26-15-19-13-18-12-17(14-21(25)22(18)31-19)16-6-8-20(9-7-16)33(29,30)27-10-4-5-11-27/h6-9,12-14H,4-5,10-11,15H2,1-3H3,(H,26,28). The monoisotopic (exact) mass is 490 g/mol. The van der Waals surface area contributed by atoms with Crippen molar-refractivity contribution in [1.82, 2.24) is 9.62 Å². The van der Waals surface area contributed by atoms with Crippen LogP contribution in [0.2, 0.25) is 5.02 Å². The molecule has 0 aliphatic carbocycles. The molecule has 3 aromatic rings. The molecule has 0 radical (unpaired) electrons. The molecule has 176 valence electrons. The number of hydrogen-bond donors (Lipinski definition) is 1. The number of hydrogen-bond acceptors (Lipinski definition) is 5. The van der Waals surface area contributed by atoms with Gasteiger partial charge in [0.2, 0.25) is 10.0 Å². The highest BCUT2D eigenvalue weighted by Gasteiger charge is 2.27. The second kappa shape index (κ2) is 9.00.